The van der Waals surface area contributed by atoms with Gasteiger partial charge in [-0.2, -0.15) is 0 Å². The molecule has 2 aromatic heterocycles. The van der Waals surface area contributed by atoms with Gasteiger partial charge in [0.05, 0.1) is 6.42 Å². The van der Waals surface area contributed by atoms with Gasteiger partial charge in [0.25, 0.3) is 0 Å². The van der Waals surface area contributed by atoms with Crippen LogP contribution >= 0.6 is 12.4 Å². The van der Waals surface area contributed by atoms with Crippen LogP contribution in [0.3, 0.4) is 0 Å². The van der Waals surface area contributed by atoms with E-state index in [1.54, 1.807) is 6.20 Å². The Balaban J connectivity index is 0.00000161. The van der Waals surface area contributed by atoms with Crippen molar-refractivity contribution in [3.8, 4) is 0 Å². The van der Waals surface area contributed by atoms with E-state index in [1.807, 2.05) is 18.3 Å². The molecule has 0 radical (unpaired) electrons. The van der Waals surface area contributed by atoms with Crippen LogP contribution in [-0.4, -0.2) is 35.5 Å². The lowest BCUT2D eigenvalue weighted by atomic mass is 10.1. The molecule has 0 aliphatic carbocycles. The number of fused-ring (bicyclic) bond motifs is 1. The second-order valence-electron chi connectivity index (χ2n) is 5.39. The highest BCUT2D eigenvalue weighted by Crippen LogP contribution is 2.16. The number of hydrogen-bond acceptors (Lipinski definition) is 3. The van der Waals surface area contributed by atoms with Gasteiger partial charge in [0.2, 0.25) is 5.91 Å². The van der Waals surface area contributed by atoms with Gasteiger partial charge in [0, 0.05) is 24.3 Å². The number of H-pyrrole nitrogens is 1. The van der Waals surface area contributed by atoms with Crippen molar-refractivity contribution in [3.63, 3.8) is 0 Å². The van der Waals surface area contributed by atoms with Crippen molar-refractivity contribution in [2.45, 2.75) is 19.3 Å². The molecule has 1 saturated heterocycles. The molecule has 1 aliphatic heterocycles. The van der Waals surface area contributed by atoms with Gasteiger partial charge >= 0.3 is 0 Å². The molecule has 0 aromatic carbocycles. The zero-order valence-electron chi connectivity index (χ0n) is 11.9. The summed E-state index contributed by atoms with van der Waals surface area (Å²) < 4.78 is 0. The number of rotatable bonds is 5. The fourth-order valence-electron chi connectivity index (χ4n) is 2.77. The topological polar surface area (TPSA) is 69.8 Å². The second-order valence-corrected chi connectivity index (χ2v) is 5.39. The Morgan fingerprint density at radius 1 is 1.48 bits per heavy atom. The van der Waals surface area contributed by atoms with Crippen LogP contribution in [0.15, 0.2) is 24.5 Å². The number of halogens is 1. The van der Waals surface area contributed by atoms with E-state index in [2.05, 4.69) is 20.6 Å². The Morgan fingerprint density at radius 3 is 3.19 bits per heavy atom. The number of aromatic nitrogens is 2. The number of hydrogen-bond donors (Lipinski definition) is 3. The molecule has 1 atom stereocenters. The summed E-state index contributed by atoms with van der Waals surface area (Å²) in [6, 6.07) is 3.89. The first-order chi connectivity index (χ1) is 9.83. The van der Waals surface area contributed by atoms with E-state index in [0.717, 1.165) is 42.7 Å². The molecule has 3 rings (SSSR count). The fourth-order valence-corrected chi connectivity index (χ4v) is 2.77. The van der Waals surface area contributed by atoms with E-state index in [-0.39, 0.29) is 18.3 Å². The molecule has 0 bridgehead atoms. The largest absolute Gasteiger partial charge is 0.356 e. The molecular weight excluding hydrogens is 288 g/mol. The predicted molar refractivity (Wildman–Crippen MR) is 85.6 cm³/mol. The van der Waals surface area contributed by atoms with E-state index in [9.17, 15) is 4.79 Å². The van der Waals surface area contributed by atoms with Crippen LogP contribution < -0.4 is 10.6 Å². The highest BCUT2D eigenvalue weighted by atomic mass is 35.5. The molecule has 5 nitrogen and oxygen atoms in total. The summed E-state index contributed by atoms with van der Waals surface area (Å²) in [4.78, 5) is 19.3. The van der Waals surface area contributed by atoms with Gasteiger partial charge in [-0.1, -0.05) is 0 Å². The van der Waals surface area contributed by atoms with Crippen LogP contribution in [0.1, 0.15) is 18.4 Å². The quantitative estimate of drug-likeness (QED) is 0.786. The Hall–Kier alpha value is -1.59. The predicted octanol–water partition coefficient (Wildman–Crippen LogP) is 1.64. The summed E-state index contributed by atoms with van der Waals surface area (Å²) in [5, 5.41) is 7.38. The van der Waals surface area contributed by atoms with Gasteiger partial charge in [0.15, 0.2) is 0 Å². The first-order valence-corrected chi connectivity index (χ1v) is 7.21. The molecule has 0 saturated carbocycles. The minimum absolute atomic E-state index is 0. The maximum Gasteiger partial charge on any atom is 0.224 e. The summed E-state index contributed by atoms with van der Waals surface area (Å²) in [7, 11) is 0. The lowest BCUT2D eigenvalue weighted by Gasteiger charge is -2.09. The van der Waals surface area contributed by atoms with Crippen LogP contribution in [0.4, 0.5) is 0 Å². The number of nitrogens with zero attached hydrogens (tertiary/aromatic N) is 1. The number of aromatic amines is 1. The molecule has 2 aromatic rings. The molecule has 1 unspecified atom stereocenters. The third-order valence-corrected chi connectivity index (χ3v) is 3.92. The van der Waals surface area contributed by atoms with Crippen LogP contribution in [0, 0.1) is 5.92 Å². The number of pyridine rings is 1. The molecule has 114 valence electrons. The normalized spacial score (nSPS) is 17.6. The first-order valence-electron chi connectivity index (χ1n) is 7.21. The van der Waals surface area contributed by atoms with Crippen LogP contribution in [0.2, 0.25) is 0 Å². The lowest BCUT2D eigenvalue weighted by molar-refractivity contribution is -0.120. The van der Waals surface area contributed by atoms with Gasteiger partial charge in [-0.3, -0.25) is 4.79 Å². The number of amides is 1. The summed E-state index contributed by atoms with van der Waals surface area (Å²) in [6.45, 7) is 2.97. The molecular formula is C15H21ClN4O. The molecule has 3 N–H and O–H groups in total. The maximum absolute atomic E-state index is 12.0. The number of carbonyl (C=O) groups excluding carboxylic acids is 1. The standard InChI is InChI=1S/C15H20N4O.ClH/c20-14(17-7-4-11-3-6-16-9-11)8-12-10-19-15-13(12)2-1-5-18-15;/h1-2,5,10-11,16H,3-4,6-9H2,(H,17,20)(H,18,19);1H. The van der Waals surface area contributed by atoms with Crippen molar-refractivity contribution in [1.29, 1.82) is 0 Å². The Morgan fingerprint density at radius 2 is 2.38 bits per heavy atom. The van der Waals surface area contributed by atoms with Gasteiger partial charge in [-0.05, 0) is 49.5 Å². The van der Waals surface area contributed by atoms with Gasteiger partial charge < -0.3 is 15.6 Å². The van der Waals surface area contributed by atoms with E-state index < -0.39 is 0 Å². The van der Waals surface area contributed by atoms with Crippen LogP contribution in [0.25, 0.3) is 11.0 Å². The third-order valence-electron chi connectivity index (χ3n) is 3.92. The van der Waals surface area contributed by atoms with Crippen molar-refractivity contribution in [2.75, 3.05) is 19.6 Å². The fraction of sp³-hybridized carbons (Fsp3) is 0.467. The minimum atomic E-state index is 0. The van der Waals surface area contributed by atoms with Crippen molar-refractivity contribution in [2.24, 2.45) is 5.92 Å². The zero-order chi connectivity index (χ0) is 13.8. The van der Waals surface area contributed by atoms with Crippen molar-refractivity contribution in [3.05, 3.63) is 30.1 Å². The highest BCUT2D eigenvalue weighted by Gasteiger charge is 2.14. The minimum Gasteiger partial charge on any atom is -0.356 e. The van der Waals surface area contributed by atoms with Crippen LogP contribution in [-0.2, 0) is 11.2 Å². The SMILES string of the molecule is Cl.O=C(Cc1c[nH]c2ncccc12)NCCC1CCNC1. The Bertz CT molecular complexity index is 592. The monoisotopic (exact) mass is 308 g/mol. The van der Waals surface area contributed by atoms with Gasteiger partial charge in [-0.15, -0.1) is 12.4 Å². The summed E-state index contributed by atoms with van der Waals surface area (Å²) in [5.74, 6) is 0.799. The second kappa shape index (κ2) is 7.43. The van der Waals surface area contributed by atoms with Gasteiger partial charge in [-0.25, -0.2) is 4.98 Å². The summed E-state index contributed by atoms with van der Waals surface area (Å²) in [6.07, 6.45) is 6.32. The smallest absolute Gasteiger partial charge is 0.224 e. The molecule has 0 spiro atoms. The molecule has 6 heteroatoms. The van der Waals surface area contributed by atoms with Crippen molar-refractivity contribution >= 4 is 29.3 Å². The highest BCUT2D eigenvalue weighted by molar-refractivity contribution is 5.87. The Kier molecular flexibility index (Phi) is 5.59. The number of carbonyl (C=O) groups is 1. The molecule has 1 fully saturated rings. The van der Waals surface area contributed by atoms with Crippen molar-refractivity contribution in [1.82, 2.24) is 20.6 Å². The zero-order valence-corrected chi connectivity index (χ0v) is 12.7. The number of nitrogens with one attached hydrogen (secondary N) is 3. The maximum atomic E-state index is 12.0. The Labute approximate surface area is 130 Å². The molecule has 21 heavy (non-hydrogen) atoms. The van der Waals surface area contributed by atoms with E-state index >= 15 is 0 Å². The van der Waals surface area contributed by atoms with Crippen LogP contribution in [0.5, 0.6) is 0 Å². The average Bonchev–Trinajstić information content (AvgIpc) is 3.09. The first kappa shape index (κ1) is 15.8. The van der Waals surface area contributed by atoms with E-state index in [1.165, 1.54) is 6.42 Å². The van der Waals surface area contributed by atoms with Gasteiger partial charge in [0.1, 0.15) is 5.65 Å². The lowest BCUT2D eigenvalue weighted by Crippen LogP contribution is -2.27. The average molecular weight is 309 g/mol. The van der Waals surface area contributed by atoms with Crippen molar-refractivity contribution < 1.29 is 4.79 Å². The summed E-state index contributed by atoms with van der Waals surface area (Å²) in [5.41, 5.74) is 1.85. The van der Waals surface area contributed by atoms with E-state index in [0.29, 0.717) is 12.3 Å². The third kappa shape index (κ3) is 3.95. The summed E-state index contributed by atoms with van der Waals surface area (Å²) >= 11 is 0. The molecule has 1 aliphatic rings. The molecule has 3 heterocycles. The van der Waals surface area contributed by atoms with E-state index in [4.69, 9.17) is 0 Å². The molecule has 1 amide bonds.